The Hall–Kier alpha value is -2.93. The zero-order chi connectivity index (χ0) is 20.4. The van der Waals surface area contributed by atoms with Gasteiger partial charge in [0.1, 0.15) is 11.5 Å². The van der Waals surface area contributed by atoms with Crippen molar-refractivity contribution in [3.05, 3.63) is 52.5 Å². The van der Waals surface area contributed by atoms with Gasteiger partial charge in [-0.05, 0) is 42.2 Å². The number of anilines is 1. The minimum atomic E-state index is 0.486. The van der Waals surface area contributed by atoms with Gasteiger partial charge in [-0.1, -0.05) is 11.6 Å². The topological polar surface area (TPSA) is 90.8 Å². The van der Waals surface area contributed by atoms with Gasteiger partial charge in [-0.3, -0.25) is 4.99 Å². The quantitative estimate of drug-likeness (QED) is 0.765. The van der Waals surface area contributed by atoms with Crippen molar-refractivity contribution in [3.63, 3.8) is 0 Å². The molecule has 0 aliphatic carbocycles. The molecule has 7 heteroatoms. The molecule has 0 saturated carbocycles. The predicted octanol–water partition coefficient (Wildman–Crippen LogP) is 1.99. The lowest BCUT2D eigenvalue weighted by Gasteiger charge is -2.31. The fraction of sp³-hybridized carbons (Fsp3) is 0.409. The second-order valence-electron chi connectivity index (χ2n) is 7.71. The Morgan fingerprint density at radius 2 is 2.10 bits per heavy atom. The highest BCUT2D eigenvalue weighted by Crippen LogP contribution is 2.33. The van der Waals surface area contributed by atoms with Crippen LogP contribution in [0.2, 0.25) is 0 Å². The van der Waals surface area contributed by atoms with Crippen LogP contribution < -0.4 is 10.6 Å². The van der Waals surface area contributed by atoms with Gasteiger partial charge in [-0.25, -0.2) is 4.98 Å². The van der Waals surface area contributed by atoms with Gasteiger partial charge >= 0.3 is 0 Å². The van der Waals surface area contributed by atoms with Crippen LogP contribution in [0.25, 0.3) is 5.57 Å². The number of nitrogens with one attached hydrogen (secondary N) is 1. The van der Waals surface area contributed by atoms with Crippen LogP contribution in [0.4, 0.5) is 5.82 Å². The van der Waals surface area contributed by atoms with E-state index in [1.165, 1.54) is 28.5 Å². The summed E-state index contributed by atoms with van der Waals surface area (Å²) in [5.74, 6) is 0.930. The van der Waals surface area contributed by atoms with E-state index in [0.717, 1.165) is 37.6 Å². The summed E-state index contributed by atoms with van der Waals surface area (Å²) in [5, 5.41) is 7.38. The highest BCUT2D eigenvalue weighted by molar-refractivity contribution is 6.14. The zero-order valence-electron chi connectivity index (χ0n) is 17.1. The summed E-state index contributed by atoms with van der Waals surface area (Å²) in [4.78, 5) is 14.1. The maximum absolute atomic E-state index is 7.38. The average molecular weight is 393 g/mol. The molecule has 4 heterocycles. The number of allylic oxidation sites excluding steroid dienone is 4. The number of nitrogens with two attached hydrogens (primary N) is 1. The van der Waals surface area contributed by atoms with Gasteiger partial charge in [-0.15, -0.1) is 0 Å². The molecule has 0 amide bonds. The van der Waals surface area contributed by atoms with Crippen molar-refractivity contribution in [3.8, 4) is 0 Å². The van der Waals surface area contributed by atoms with Crippen molar-refractivity contribution in [2.75, 3.05) is 51.3 Å². The summed E-state index contributed by atoms with van der Waals surface area (Å²) in [5.41, 5.74) is 13.2. The first-order chi connectivity index (χ1) is 14.1. The molecule has 0 spiro atoms. The van der Waals surface area contributed by atoms with E-state index in [1.807, 2.05) is 0 Å². The van der Waals surface area contributed by atoms with E-state index in [2.05, 4.69) is 47.1 Å². The first-order valence-corrected chi connectivity index (χ1v) is 10.0. The lowest BCUT2D eigenvalue weighted by Crippen LogP contribution is -2.37. The van der Waals surface area contributed by atoms with E-state index in [0.29, 0.717) is 31.2 Å². The summed E-state index contributed by atoms with van der Waals surface area (Å²) in [6, 6.07) is 2.21. The Morgan fingerprint density at radius 1 is 1.31 bits per heavy atom. The fourth-order valence-corrected chi connectivity index (χ4v) is 4.14. The van der Waals surface area contributed by atoms with E-state index >= 15 is 0 Å². The Morgan fingerprint density at radius 3 is 2.83 bits per heavy atom. The fourth-order valence-electron chi connectivity index (χ4n) is 4.14. The number of nitrogens with zero attached hydrogens (tertiary/aromatic N) is 4. The summed E-state index contributed by atoms with van der Waals surface area (Å²) >= 11 is 0. The van der Waals surface area contributed by atoms with Crippen molar-refractivity contribution in [2.45, 2.75) is 13.3 Å². The molecule has 152 valence electrons. The third-order valence-corrected chi connectivity index (χ3v) is 5.41. The number of aliphatic imine (C=N–C) groups is 1. The average Bonchev–Trinajstić information content (AvgIpc) is 2.72. The maximum atomic E-state index is 7.38. The van der Waals surface area contributed by atoms with Gasteiger partial charge < -0.3 is 25.7 Å². The molecule has 0 radical (unpaired) electrons. The van der Waals surface area contributed by atoms with Crippen LogP contribution >= 0.6 is 0 Å². The van der Waals surface area contributed by atoms with Gasteiger partial charge in [0.25, 0.3) is 0 Å². The largest absolute Gasteiger partial charge is 0.397 e. The van der Waals surface area contributed by atoms with Crippen LogP contribution in [0.15, 0.2) is 40.7 Å². The Balaban J connectivity index is 1.89. The van der Waals surface area contributed by atoms with Crippen LogP contribution in [-0.4, -0.2) is 68.3 Å². The minimum absolute atomic E-state index is 0.486. The first-order valence-electron chi connectivity index (χ1n) is 10.0. The van der Waals surface area contributed by atoms with Gasteiger partial charge in [0.2, 0.25) is 0 Å². The molecule has 1 saturated heterocycles. The lowest BCUT2D eigenvalue weighted by atomic mass is 9.90. The molecule has 1 fully saturated rings. The number of hydrogen-bond donors (Lipinski definition) is 2. The van der Waals surface area contributed by atoms with Gasteiger partial charge in [0.15, 0.2) is 0 Å². The van der Waals surface area contributed by atoms with Crippen molar-refractivity contribution in [1.82, 2.24) is 9.88 Å². The second-order valence-corrected chi connectivity index (χ2v) is 7.71. The number of fused-ring (bicyclic) bond motifs is 1. The third kappa shape index (κ3) is 3.96. The highest BCUT2D eigenvalue weighted by atomic mass is 16.5. The molecule has 0 aromatic carbocycles. The second kappa shape index (κ2) is 8.21. The number of ether oxygens (including phenoxy) is 1. The van der Waals surface area contributed by atoms with Gasteiger partial charge in [0, 0.05) is 45.6 Å². The van der Waals surface area contributed by atoms with Crippen molar-refractivity contribution < 1.29 is 4.74 Å². The number of morpholine rings is 1. The number of rotatable bonds is 4. The van der Waals surface area contributed by atoms with Gasteiger partial charge in [0.05, 0.1) is 24.6 Å². The standard InChI is InChI=1S/C22H28N6O/c1-15-11-16(14-27(2)13-15)18-12-20(28-7-9-29-10-8-28)26-21-17(18)4-6-25-22(21)19(24)3-5-23/h3,5,11-12,14,23H,4,6-10,13,24H2,1-2H3/b19-3-,23-5?. The van der Waals surface area contributed by atoms with E-state index in [-0.39, 0.29) is 0 Å². The number of aromatic nitrogens is 1. The third-order valence-electron chi connectivity index (χ3n) is 5.41. The van der Waals surface area contributed by atoms with Crippen LogP contribution in [0, 0.1) is 5.41 Å². The molecule has 0 bridgehead atoms. The summed E-state index contributed by atoms with van der Waals surface area (Å²) in [7, 11) is 2.10. The summed E-state index contributed by atoms with van der Waals surface area (Å²) in [6.45, 7) is 6.82. The number of likely N-dealkylation sites (N-methyl/N-ethyl adjacent to an activating group) is 1. The van der Waals surface area contributed by atoms with E-state index in [9.17, 15) is 0 Å². The zero-order valence-corrected chi connectivity index (χ0v) is 17.1. The number of pyridine rings is 1. The Kier molecular flexibility index (Phi) is 5.49. The molecular weight excluding hydrogens is 364 g/mol. The van der Waals surface area contributed by atoms with Crippen LogP contribution in [0.3, 0.4) is 0 Å². The van der Waals surface area contributed by atoms with Crippen molar-refractivity contribution in [2.24, 2.45) is 10.7 Å². The molecule has 1 aromatic heterocycles. The van der Waals surface area contributed by atoms with E-state index < -0.39 is 0 Å². The summed E-state index contributed by atoms with van der Waals surface area (Å²) in [6.07, 6.45) is 8.07. The molecular formula is C22H28N6O. The predicted molar refractivity (Wildman–Crippen MR) is 118 cm³/mol. The maximum Gasteiger partial charge on any atom is 0.130 e. The Labute approximate surface area is 171 Å². The molecule has 4 rings (SSSR count). The SMILES string of the molecule is CC1=CC(c2cc(N3CCOCC3)nc3c2CCN=C3/C(N)=C/C=N)=CN(C)C1. The molecule has 1 aromatic rings. The molecule has 3 N–H and O–H groups in total. The molecule has 0 unspecified atom stereocenters. The van der Waals surface area contributed by atoms with Gasteiger partial charge in [-0.2, -0.15) is 0 Å². The van der Waals surface area contributed by atoms with Crippen molar-refractivity contribution in [1.29, 1.82) is 5.41 Å². The summed E-state index contributed by atoms with van der Waals surface area (Å²) < 4.78 is 5.53. The van der Waals surface area contributed by atoms with Crippen molar-refractivity contribution >= 4 is 23.3 Å². The Bertz CT molecular complexity index is 937. The monoisotopic (exact) mass is 392 g/mol. The molecule has 29 heavy (non-hydrogen) atoms. The van der Waals surface area contributed by atoms with Crippen LogP contribution in [0.5, 0.6) is 0 Å². The molecule has 3 aliphatic heterocycles. The number of hydrogen-bond acceptors (Lipinski definition) is 7. The molecule has 3 aliphatic rings. The minimum Gasteiger partial charge on any atom is -0.397 e. The highest BCUT2D eigenvalue weighted by Gasteiger charge is 2.25. The van der Waals surface area contributed by atoms with Crippen LogP contribution in [-0.2, 0) is 11.2 Å². The molecule has 0 atom stereocenters. The van der Waals surface area contributed by atoms with E-state index in [4.69, 9.17) is 20.9 Å². The van der Waals surface area contributed by atoms with E-state index in [1.54, 1.807) is 6.08 Å². The molecule has 7 nitrogen and oxygen atoms in total. The smallest absolute Gasteiger partial charge is 0.130 e. The first kappa shape index (κ1) is 19.4. The van der Waals surface area contributed by atoms with Crippen LogP contribution in [0.1, 0.15) is 23.7 Å². The normalized spacial score (nSPS) is 19.9. The lowest BCUT2D eigenvalue weighted by molar-refractivity contribution is 0.122.